The van der Waals surface area contributed by atoms with Crippen LogP contribution in [-0.4, -0.2) is 30.6 Å². The summed E-state index contributed by atoms with van der Waals surface area (Å²) in [6.45, 7) is 1.28. The van der Waals surface area contributed by atoms with Crippen molar-refractivity contribution in [3.05, 3.63) is 118 Å². The highest BCUT2D eigenvalue weighted by molar-refractivity contribution is 5.84. The molecule has 0 saturated heterocycles. The highest BCUT2D eigenvalue weighted by Gasteiger charge is 2.42. The molecule has 1 aliphatic rings. The Labute approximate surface area is 211 Å². The predicted octanol–water partition coefficient (Wildman–Crippen LogP) is 6.03. The Morgan fingerprint density at radius 3 is 1.86 bits per heavy atom. The predicted molar refractivity (Wildman–Crippen MR) is 137 cm³/mol. The van der Waals surface area contributed by atoms with E-state index >= 15 is 0 Å². The Morgan fingerprint density at radius 1 is 0.778 bits per heavy atom. The maximum atomic E-state index is 13.3. The Morgan fingerprint density at radius 2 is 1.31 bits per heavy atom. The lowest BCUT2D eigenvalue weighted by Crippen LogP contribution is -2.45. The molecule has 0 amide bonds. The van der Waals surface area contributed by atoms with Gasteiger partial charge in [0.25, 0.3) is 0 Å². The first kappa shape index (κ1) is 25.6. The van der Waals surface area contributed by atoms with Crippen molar-refractivity contribution in [3.8, 4) is 0 Å². The number of carbonyl (C=O) groups is 1. The van der Waals surface area contributed by atoms with Crippen molar-refractivity contribution in [2.75, 3.05) is 6.61 Å². The molecule has 0 aliphatic heterocycles. The van der Waals surface area contributed by atoms with Gasteiger partial charge in [0, 0.05) is 23.3 Å². The van der Waals surface area contributed by atoms with Gasteiger partial charge in [0.15, 0.2) is 5.78 Å². The fourth-order valence-electron chi connectivity index (χ4n) is 4.50. The van der Waals surface area contributed by atoms with E-state index in [1.165, 1.54) is 0 Å². The van der Waals surface area contributed by atoms with Crippen LogP contribution in [0.25, 0.3) is 10.4 Å². The van der Waals surface area contributed by atoms with E-state index in [2.05, 4.69) is 10.0 Å². The Kier molecular flexibility index (Phi) is 9.65. The maximum Gasteiger partial charge on any atom is 0.164 e. The van der Waals surface area contributed by atoms with Crippen LogP contribution in [0, 0.1) is 5.92 Å². The Balaban J connectivity index is 1.57. The first-order valence-corrected chi connectivity index (χ1v) is 12.2. The van der Waals surface area contributed by atoms with E-state index in [4.69, 9.17) is 14.2 Å². The quantitative estimate of drug-likeness (QED) is 0.143. The standard InChI is InChI=1S/C29H31N3O4/c30-32-31-26-16-17-27(33)29(36-20-24-14-8-3-9-15-24)28(35-19-23-12-6-2-7-13-23)25(26)21-34-18-22-10-4-1-5-11-22/h1-15,25-26,28-29H,16-21H2/t25-,26+,28+,29+/m0/s1. The van der Waals surface area contributed by atoms with Crippen molar-refractivity contribution in [2.24, 2.45) is 11.0 Å². The van der Waals surface area contributed by atoms with Crippen LogP contribution in [0.1, 0.15) is 29.5 Å². The molecule has 0 unspecified atom stereocenters. The number of nitrogens with zero attached hydrogens (tertiary/aromatic N) is 3. The molecule has 0 spiro atoms. The molecule has 7 heteroatoms. The zero-order chi connectivity index (χ0) is 25.0. The lowest BCUT2D eigenvalue weighted by atomic mass is 9.92. The molecule has 0 aromatic heterocycles. The molecule has 7 nitrogen and oxygen atoms in total. The third-order valence-corrected chi connectivity index (χ3v) is 6.40. The molecule has 0 heterocycles. The molecule has 4 rings (SSSR count). The molecular weight excluding hydrogens is 454 g/mol. The summed E-state index contributed by atoms with van der Waals surface area (Å²) in [5, 5.41) is 4.06. The van der Waals surface area contributed by atoms with E-state index in [0.29, 0.717) is 19.6 Å². The van der Waals surface area contributed by atoms with E-state index < -0.39 is 18.2 Å². The van der Waals surface area contributed by atoms with Crippen LogP contribution in [-0.2, 0) is 38.8 Å². The highest BCUT2D eigenvalue weighted by Crippen LogP contribution is 2.31. The second-order valence-corrected chi connectivity index (χ2v) is 8.92. The van der Waals surface area contributed by atoms with Crippen LogP contribution in [0.5, 0.6) is 0 Å². The fraction of sp³-hybridized carbons (Fsp3) is 0.345. The SMILES string of the molecule is [N-]=[N+]=N[C@@H]1CCC(=O)[C@@H](OCc2ccccc2)[C@H](OCc2ccccc2)[C@H]1COCc1ccccc1. The second kappa shape index (κ2) is 13.6. The summed E-state index contributed by atoms with van der Waals surface area (Å²) in [6, 6.07) is 29.0. The van der Waals surface area contributed by atoms with Crippen molar-refractivity contribution in [1.29, 1.82) is 0 Å². The maximum absolute atomic E-state index is 13.3. The average Bonchev–Trinajstić information content (AvgIpc) is 3.04. The van der Waals surface area contributed by atoms with E-state index in [-0.39, 0.29) is 31.3 Å². The zero-order valence-electron chi connectivity index (χ0n) is 20.2. The molecule has 1 aliphatic carbocycles. The van der Waals surface area contributed by atoms with Crippen molar-refractivity contribution >= 4 is 5.78 Å². The van der Waals surface area contributed by atoms with Crippen LogP contribution in [0.2, 0.25) is 0 Å². The molecule has 0 N–H and O–H groups in total. The van der Waals surface area contributed by atoms with Crippen LogP contribution in [0.3, 0.4) is 0 Å². The Hall–Kier alpha value is -3.48. The number of Topliss-reactive ketones (excluding diaryl/α,β-unsaturated/α-hetero) is 1. The summed E-state index contributed by atoms with van der Waals surface area (Å²) in [6.07, 6.45) is -0.740. The van der Waals surface area contributed by atoms with E-state index in [1.54, 1.807) is 0 Å². The molecular formula is C29H31N3O4. The molecule has 4 atom stereocenters. The third kappa shape index (κ3) is 7.26. The monoisotopic (exact) mass is 485 g/mol. The summed E-state index contributed by atoms with van der Waals surface area (Å²) in [5.74, 6) is -0.395. The van der Waals surface area contributed by atoms with Crippen molar-refractivity contribution < 1.29 is 19.0 Å². The topological polar surface area (TPSA) is 93.5 Å². The normalized spacial score (nSPS) is 21.9. The summed E-state index contributed by atoms with van der Waals surface area (Å²) in [5.41, 5.74) is 12.3. The number of hydrogen-bond acceptors (Lipinski definition) is 5. The van der Waals surface area contributed by atoms with Crippen molar-refractivity contribution in [1.82, 2.24) is 0 Å². The highest BCUT2D eigenvalue weighted by atomic mass is 16.5. The summed E-state index contributed by atoms with van der Waals surface area (Å²) in [7, 11) is 0. The molecule has 3 aromatic carbocycles. The second-order valence-electron chi connectivity index (χ2n) is 8.92. The fourth-order valence-corrected chi connectivity index (χ4v) is 4.50. The van der Waals surface area contributed by atoms with Gasteiger partial charge in [-0.2, -0.15) is 0 Å². The van der Waals surface area contributed by atoms with Gasteiger partial charge in [0.2, 0.25) is 0 Å². The number of hydrogen-bond donors (Lipinski definition) is 0. The largest absolute Gasteiger partial charge is 0.376 e. The van der Waals surface area contributed by atoms with Gasteiger partial charge in [0.1, 0.15) is 6.10 Å². The van der Waals surface area contributed by atoms with Crippen LogP contribution in [0.15, 0.2) is 96.1 Å². The van der Waals surface area contributed by atoms with Gasteiger partial charge in [-0.1, -0.05) is 96.1 Å². The lowest BCUT2D eigenvalue weighted by Gasteiger charge is -2.33. The van der Waals surface area contributed by atoms with Crippen molar-refractivity contribution in [3.63, 3.8) is 0 Å². The number of benzene rings is 3. The minimum atomic E-state index is -0.793. The number of ketones is 1. The average molecular weight is 486 g/mol. The molecule has 0 bridgehead atoms. The molecule has 3 aromatic rings. The van der Waals surface area contributed by atoms with Gasteiger partial charge < -0.3 is 14.2 Å². The Bertz CT molecular complexity index is 1120. The van der Waals surface area contributed by atoms with Crippen LogP contribution < -0.4 is 0 Å². The lowest BCUT2D eigenvalue weighted by molar-refractivity contribution is -0.152. The van der Waals surface area contributed by atoms with E-state index in [1.807, 2.05) is 91.0 Å². The van der Waals surface area contributed by atoms with Gasteiger partial charge in [0.05, 0.1) is 32.5 Å². The summed E-state index contributed by atoms with van der Waals surface area (Å²) in [4.78, 5) is 16.3. The summed E-state index contributed by atoms with van der Waals surface area (Å²) < 4.78 is 18.7. The first-order valence-electron chi connectivity index (χ1n) is 12.2. The summed E-state index contributed by atoms with van der Waals surface area (Å²) >= 11 is 0. The third-order valence-electron chi connectivity index (χ3n) is 6.40. The van der Waals surface area contributed by atoms with Crippen molar-refractivity contribution in [2.45, 2.75) is 50.9 Å². The molecule has 1 fully saturated rings. The number of carbonyl (C=O) groups excluding carboxylic acids is 1. The number of rotatable bonds is 11. The van der Waals surface area contributed by atoms with E-state index in [0.717, 1.165) is 16.7 Å². The van der Waals surface area contributed by atoms with Gasteiger partial charge in [-0.3, -0.25) is 4.79 Å². The van der Waals surface area contributed by atoms with E-state index in [9.17, 15) is 10.3 Å². The molecule has 36 heavy (non-hydrogen) atoms. The van der Waals surface area contributed by atoms with Gasteiger partial charge in [-0.25, -0.2) is 0 Å². The minimum Gasteiger partial charge on any atom is -0.376 e. The van der Waals surface area contributed by atoms with Gasteiger partial charge >= 0.3 is 0 Å². The van der Waals surface area contributed by atoms with Gasteiger partial charge in [-0.15, -0.1) is 0 Å². The van der Waals surface area contributed by atoms with Gasteiger partial charge in [-0.05, 0) is 28.6 Å². The van der Waals surface area contributed by atoms with Crippen LogP contribution >= 0.6 is 0 Å². The minimum absolute atomic E-state index is 0.0484. The first-order chi connectivity index (χ1) is 17.7. The number of azide groups is 1. The molecule has 0 radical (unpaired) electrons. The molecule has 186 valence electrons. The number of ether oxygens (including phenoxy) is 3. The smallest absolute Gasteiger partial charge is 0.164 e. The molecule has 1 saturated carbocycles. The van der Waals surface area contributed by atoms with Crippen LogP contribution in [0.4, 0.5) is 0 Å². The zero-order valence-corrected chi connectivity index (χ0v) is 20.2.